The fourth-order valence-electron chi connectivity index (χ4n) is 2.36. The number of nitrogen functional groups attached to an aromatic ring is 1. The molecule has 0 aliphatic rings. The molecule has 0 saturated heterocycles. The first-order valence-electron chi connectivity index (χ1n) is 6.52. The lowest BCUT2D eigenvalue weighted by atomic mass is 10.1. The number of fused-ring (bicyclic) bond motifs is 1. The Morgan fingerprint density at radius 3 is 2.74 bits per heavy atom. The maximum Gasteiger partial charge on any atom is 0.138 e. The Morgan fingerprint density at radius 2 is 2.00 bits per heavy atom. The van der Waals surface area contributed by atoms with Gasteiger partial charge in [-0.25, -0.2) is 4.98 Å². The van der Waals surface area contributed by atoms with Crippen LogP contribution in [0.3, 0.4) is 0 Å². The average molecular weight is 251 g/mol. The number of nitrogens with one attached hydrogen (secondary N) is 1. The number of aromatic nitrogens is 2. The van der Waals surface area contributed by atoms with Gasteiger partial charge in [0.25, 0.3) is 0 Å². The number of anilines is 1. The molecule has 0 amide bonds. The molecule has 3 aromatic rings. The summed E-state index contributed by atoms with van der Waals surface area (Å²) >= 11 is 0. The number of aromatic amines is 1. The lowest BCUT2D eigenvalue weighted by Crippen LogP contribution is -1.89. The highest BCUT2D eigenvalue weighted by molar-refractivity contribution is 5.80. The Balaban J connectivity index is 2.14. The first kappa shape index (κ1) is 11.8. The summed E-state index contributed by atoms with van der Waals surface area (Å²) in [7, 11) is 0. The van der Waals surface area contributed by atoms with E-state index in [1.54, 1.807) is 0 Å². The van der Waals surface area contributed by atoms with Gasteiger partial charge >= 0.3 is 0 Å². The summed E-state index contributed by atoms with van der Waals surface area (Å²) in [5.41, 5.74) is 12.2. The Hall–Kier alpha value is -2.29. The van der Waals surface area contributed by atoms with E-state index in [-0.39, 0.29) is 0 Å². The van der Waals surface area contributed by atoms with Crippen LogP contribution < -0.4 is 5.73 Å². The van der Waals surface area contributed by atoms with Crippen molar-refractivity contribution in [2.45, 2.75) is 20.3 Å². The molecule has 3 nitrogen and oxygen atoms in total. The maximum absolute atomic E-state index is 5.79. The quantitative estimate of drug-likeness (QED) is 0.682. The third-order valence-electron chi connectivity index (χ3n) is 3.46. The number of H-pyrrole nitrogens is 1. The zero-order valence-electron chi connectivity index (χ0n) is 11.2. The minimum atomic E-state index is 0.783. The second-order valence-electron chi connectivity index (χ2n) is 4.86. The van der Waals surface area contributed by atoms with Crippen LogP contribution in [-0.2, 0) is 6.42 Å². The molecule has 0 saturated carbocycles. The molecular weight excluding hydrogens is 234 g/mol. The van der Waals surface area contributed by atoms with Crippen LogP contribution in [0.1, 0.15) is 18.1 Å². The molecule has 1 aromatic heterocycles. The van der Waals surface area contributed by atoms with Crippen LogP contribution in [0.15, 0.2) is 36.4 Å². The third kappa shape index (κ3) is 2.08. The Kier molecular flexibility index (Phi) is 2.75. The second kappa shape index (κ2) is 4.43. The van der Waals surface area contributed by atoms with Gasteiger partial charge in [0.15, 0.2) is 0 Å². The van der Waals surface area contributed by atoms with Crippen molar-refractivity contribution in [3.8, 4) is 11.4 Å². The number of hydrogen-bond donors (Lipinski definition) is 2. The molecule has 19 heavy (non-hydrogen) atoms. The largest absolute Gasteiger partial charge is 0.399 e. The van der Waals surface area contributed by atoms with E-state index in [0.29, 0.717) is 0 Å². The van der Waals surface area contributed by atoms with Crippen molar-refractivity contribution < 1.29 is 0 Å². The molecule has 96 valence electrons. The van der Waals surface area contributed by atoms with Gasteiger partial charge in [-0.05, 0) is 54.8 Å². The van der Waals surface area contributed by atoms with Crippen molar-refractivity contribution in [3.05, 3.63) is 47.5 Å². The Bertz CT molecular complexity index is 741. The number of aryl methyl sites for hydroxylation is 2. The molecule has 3 N–H and O–H groups in total. The molecule has 0 aliphatic heterocycles. The van der Waals surface area contributed by atoms with Crippen LogP contribution in [-0.4, -0.2) is 9.97 Å². The molecule has 2 aromatic carbocycles. The minimum absolute atomic E-state index is 0.783. The fraction of sp³-hybridized carbons (Fsp3) is 0.188. The summed E-state index contributed by atoms with van der Waals surface area (Å²) in [6, 6.07) is 12.3. The third-order valence-corrected chi connectivity index (χ3v) is 3.46. The Morgan fingerprint density at radius 1 is 1.16 bits per heavy atom. The molecule has 0 spiro atoms. The topological polar surface area (TPSA) is 54.7 Å². The molecule has 0 fully saturated rings. The molecule has 3 rings (SSSR count). The number of rotatable bonds is 2. The molecular formula is C16H17N3. The number of hydrogen-bond acceptors (Lipinski definition) is 2. The smallest absolute Gasteiger partial charge is 0.138 e. The molecule has 3 heteroatoms. The van der Waals surface area contributed by atoms with Crippen LogP contribution in [0, 0.1) is 6.92 Å². The van der Waals surface area contributed by atoms with Gasteiger partial charge in [-0.1, -0.05) is 13.0 Å². The van der Waals surface area contributed by atoms with E-state index >= 15 is 0 Å². The number of nitrogens with two attached hydrogens (primary N) is 1. The van der Waals surface area contributed by atoms with Crippen LogP contribution >= 0.6 is 0 Å². The molecule has 0 aliphatic carbocycles. The summed E-state index contributed by atoms with van der Waals surface area (Å²) in [6.07, 6.45) is 1.03. The first-order valence-corrected chi connectivity index (χ1v) is 6.52. The highest BCUT2D eigenvalue weighted by Crippen LogP contribution is 2.25. The number of nitrogens with zero attached hydrogens (tertiary/aromatic N) is 1. The fourth-order valence-corrected chi connectivity index (χ4v) is 2.36. The van der Waals surface area contributed by atoms with E-state index < -0.39 is 0 Å². The molecule has 0 radical (unpaired) electrons. The van der Waals surface area contributed by atoms with E-state index in [9.17, 15) is 0 Å². The predicted molar refractivity (Wildman–Crippen MR) is 80.1 cm³/mol. The van der Waals surface area contributed by atoms with Gasteiger partial charge in [0.05, 0.1) is 11.0 Å². The monoisotopic (exact) mass is 251 g/mol. The Labute approximate surface area is 112 Å². The number of benzene rings is 2. The van der Waals surface area contributed by atoms with Gasteiger partial charge in [0.2, 0.25) is 0 Å². The van der Waals surface area contributed by atoms with E-state index in [1.807, 2.05) is 18.2 Å². The van der Waals surface area contributed by atoms with Crippen molar-refractivity contribution in [1.29, 1.82) is 0 Å². The van der Waals surface area contributed by atoms with E-state index in [4.69, 9.17) is 5.73 Å². The summed E-state index contributed by atoms with van der Waals surface area (Å²) in [5, 5.41) is 0. The van der Waals surface area contributed by atoms with E-state index in [0.717, 1.165) is 40.1 Å². The van der Waals surface area contributed by atoms with Crippen molar-refractivity contribution in [1.82, 2.24) is 9.97 Å². The lowest BCUT2D eigenvalue weighted by molar-refractivity contribution is 1.14. The van der Waals surface area contributed by atoms with Crippen molar-refractivity contribution >= 4 is 16.7 Å². The van der Waals surface area contributed by atoms with Crippen molar-refractivity contribution in [2.24, 2.45) is 0 Å². The normalized spacial score (nSPS) is 11.1. The van der Waals surface area contributed by atoms with Crippen LogP contribution in [0.4, 0.5) is 5.69 Å². The lowest BCUT2D eigenvalue weighted by Gasteiger charge is -2.03. The number of imidazole rings is 1. The zero-order valence-corrected chi connectivity index (χ0v) is 11.2. The summed E-state index contributed by atoms with van der Waals surface area (Å²) < 4.78 is 0. The summed E-state index contributed by atoms with van der Waals surface area (Å²) in [5.74, 6) is 0.903. The maximum atomic E-state index is 5.79. The predicted octanol–water partition coefficient (Wildman–Crippen LogP) is 3.68. The second-order valence-corrected chi connectivity index (χ2v) is 4.86. The summed E-state index contributed by atoms with van der Waals surface area (Å²) in [4.78, 5) is 8.05. The van der Waals surface area contributed by atoms with Gasteiger partial charge in [0.1, 0.15) is 5.82 Å². The highest BCUT2D eigenvalue weighted by Gasteiger charge is 2.08. The SMILES string of the molecule is CCc1ccc2nc(-c3ccc(N)cc3C)[nH]c2c1. The standard InChI is InChI=1S/C16H17N3/c1-3-11-4-7-14-15(9-11)19-16(18-14)13-6-5-12(17)8-10(13)2/h4-9H,3,17H2,1-2H3,(H,18,19). The molecule has 0 atom stereocenters. The van der Waals surface area contributed by atoms with Crippen molar-refractivity contribution in [2.75, 3.05) is 5.73 Å². The van der Waals surface area contributed by atoms with Gasteiger partial charge in [0, 0.05) is 11.3 Å². The molecule has 1 heterocycles. The van der Waals surface area contributed by atoms with E-state index in [1.165, 1.54) is 5.56 Å². The van der Waals surface area contributed by atoms with E-state index in [2.05, 4.69) is 42.0 Å². The average Bonchev–Trinajstić information content (AvgIpc) is 2.80. The minimum Gasteiger partial charge on any atom is -0.399 e. The van der Waals surface area contributed by atoms with Gasteiger partial charge < -0.3 is 10.7 Å². The molecule has 0 unspecified atom stereocenters. The van der Waals surface area contributed by atoms with Gasteiger partial charge in [-0.3, -0.25) is 0 Å². The highest BCUT2D eigenvalue weighted by atomic mass is 14.9. The van der Waals surface area contributed by atoms with Crippen LogP contribution in [0.5, 0.6) is 0 Å². The summed E-state index contributed by atoms with van der Waals surface area (Å²) in [6.45, 7) is 4.21. The van der Waals surface area contributed by atoms with Crippen molar-refractivity contribution in [3.63, 3.8) is 0 Å². The van der Waals surface area contributed by atoms with Crippen LogP contribution in [0.2, 0.25) is 0 Å². The van der Waals surface area contributed by atoms with Crippen LogP contribution in [0.25, 0.3) is 22.4 Å². The molecule has 0 bridgehead atoms. The first-order chi connectivity index (χ1) is 9.17. The zero-order chi connectivity index (χ0) is 13.4. The van der Waals surface area contributed by atoms with Gasteiger partial charge in [-0.15, -0.1) is 0 Å². The van der Waals surface area contributed by atoms with Gasteiger partial charge in [-0.2, -0.15) is 0 Å².